The summed E-state index contributed by atoms with van der Waals surface area (Å²) >= 11 is 5.38. The molecular formula is C21H24N4S. The molecule has 1 aromatic heterocycles. The number of hydrogen-bond donors (Lipinski definition) is 2. The fourth-order valence-electron chi connectivity index (χ4n) is 2.63. The molecule has 0 aliphatic carbocycles. The topological polar surface area (TPSA) is 41.9 Å². The van der Waals surface area contributed by atoms with Crippen molar-refractivity contribution >= 4 is 17.3 Å². The van der Waals surface area contributed by atoms with Crippen LogP contribution >= 0.6 is 12.2 Å². The van der Waals surface area contributed by atoms with Crippen LogP contribution in [0, 0.1) is 5.92 Å². The number of thiocarbonyl (C=S) groups is 1. The predicted octanol–water partition coefficient (Wildman–Crippen LogP) is 4.16. The molecule has 0 aliphatic rings. The third-order valence-electron chi connectivity index (χ3n) is 3.97. The Balaban J connectivity index is 1.83. The maximum atomic E-state index is 5.38. The van der Waals surface area contributed by atoms with Crippen molar-refractivity contribution in [3.8, 4) is 16.9 Å². The highest BCUT2D eigenvalue weighted by atomic mass is 32.1. The molecule has 0 amide bonds. The molecule has 0 spiro atoms. The Morgan fingerprint density at radius 1 is 1.00 bits per heavy atom. The van der Waals surface area contributed by atoms with Gasteiger partial charge in [0.1, 0.15) is 0 Å². The molecule has 5 heteroatoms. The van der Waals surface area contributed by atoms with Gasteiger partial charge in [0.15, 0.2) is 5.11 Å². The van der Waals surface area contributed by atoms with E-state index in [0.717, 1.165) is 29.1 Å². The van der Waals surface area contributed by atoms with Crippen LogP contribution < -0.4 is 10.6 Å². The number of benzene rings is 2. The third kappa shape index (κ3) is 4.70. The van der Waals surface area contributed by atoms with E-state index in [2.05, 4.69) is 42.8 Å². The molecule has 2 N–H and O–H groups in total. The van der Waals surface area contributed by atoms with Gasteiger partial charge in [-0.15, -0.1) is 0 Å². The molecule has 0 unspecified atom stereocenters. The van der Waals surface area contributed by atoms with E-state index in [1.165, 1.54) is 0 Å². The zero-order valence-electron chi connectivity index (χ0n) is 15.1. The summed E-state index contributed by atoms with van der Waals surface area (Å²) in [4.78, 5) is 0. The van der Waals surface area contributed by atoms with Crippen molar-refractivity contribution in [1.82, 2.24) is 20.4 Å². The first-order valence-electron chi connectivity index (χ1n) is 8.84. The van der Waals surface area contributed by atoms with Crippen molar-refractivity contribution in [2.24, 2.45) is 5.92 Å². The molecule has 0 saturated heterocycles. The minimum atomic E-state index is 0.551. The van der Waals surface area contributed by atoms with E-state index in [1.54, 1.807) is 0 Å². The Bertz CT molecular complexity index is 841. The fourth-order valence-corrected chi connectivity index (χ4v) is 2.78. The highest BCUT2D eigenvalue weighted by Crippen LogP contribution is 2.23. The van der Waals surface area contributed by atoms with Crippen LogP contribution in [-0.2, 0) is 6.54 Å². The van der Waals surface area contributed by atoms with E-state index in [-0.39, 0.29) is 0 Å². The number of nitrogens with zero attached hydrogens (tertiary/aromatic N) is 2. The molecule has 26 heavy (non-hydrogen) atoms. The molecule has 0 saturated carbocycles. The van der Waals surface area contributed by atoms with Crippen LogP contribution in [0.25, 0.3) is 16.9 Å². The minimum Gasteiger partial charge on any atom is -0.362 e. The normalized spacial score (nSPS) is 10.7. The monoisotopic (exact) mass is 364 g/mol. The molecule has 3 rings (SSSR count). The third-order valence-corrected chi connectivity index (χ3v) is 4.26. The zero-order chi connectivity index (χ0) is 18.4. The second-order valence-corrected chi connectivity index (χ2v) is 7.01. The number of para-hydroxylation sites is 1. The quantitative estimate of drug-likeness (QED) is 0.645. The van der Waals surface area contributed by atoms with Crippen molar-refractivity contribution in [2.45, 2.75) is 20.4 Å². The van der Waals surface area contributed by atoms with Crippen LogP contribution in [0.5, 0.6) is 0 Å². The first-order chi connectivity index (χ1) is 12.6. The Morgan fingerprint density at radius 3 is 2.31 bits per heavy atom. The van der Waals surface area contributed by atoms with Gasteiger partial charge in [-0.05, 0) is 30.3 Å². The summed E-state index contributed by atoms with van der Waals surface area (Å²) < 4.78 is 1.92. The molecule has 2 aromatic carbocycles. The number of hydrogen-bond acceptors (Lipinski definition) is 2. The summed E-state index contributed by atoms with van der Waals surface area (Å²) in [6, 6.07) is 20.4. The van der Waals surface area contributed by atoms with Crippen molar-refractivity contribution in [3.05, 3.63) is 72.4 Å². The Labute approximate surface area is 160 Å². The second kappa shape index (κ2) is 8.63. The summed E-state index contributed by atoms with van der Waals surface area (Å²) in [6.45, 7) is 5.81. The lowest BCUT2D eigenvalue weighted by Gasteiger charge is -2.12. The van der Waals surface area contributed by atoms with E-state index in [1.807, 2.05) is 53.2 Å². The molecule has 1 heterocycles. The van der Waals surface area contributed by atoms with Gasteiger partial charge >= 0.3 is 0 Å². The number of aromatic nitrogens is 2. The van der Waals surface area contributed by atoms with Gasteiger partial charge in [0.05, 0.1) is 11.4 Å². The van der Waals surface area contributed by atoms with Gasteiger partial charge in [-0.25, -0.2) is 4.68 Å². The molecule has 0 aliphatic heterocycles. The SMILES string of the molecule is CC(C)CNC(=S)NCc1cn(-c2ccccc2)nc1-c1ccccc1. The van der Waals surface area contributed by atoms with Crippen LogP contribution in [0.2, 0.25) is 0 Å². The molecule has 0 fully saturated rings. The zero-order valence-corrected chi connectivity index (χ0v) is 16.0. The molecule has 3 aromatic rings. The van der Waals surface area contributed by atoms with Gasteiger partial charge in [0.2, 0.25) is 0 Å². The summed E-state index contributed by atoms with van der Waals surface area (Å²) in [5, 5.41) is 12.0. The summed E-state index contributed by atoms with van der Waals surface area (Å²) in [5.41, 5.74) is 4.21. The fraction of sp³-hybridized carbons (Fsp3) is 0.238. The van der Waals surface area contributed by atoms with Gasteiger partial charge in [-0.1, -0.05) is 62.4 Å². The maximum absolute atomic E-state index is 5.38. The predicted molar refractivity (Wildman–Crippen MR) is 111 cm³/mol. The standard InChI is InChI=1S/C21H24N4S/c1-16(2)13-22-21(26)23-14-18-15-25(19-11-7-4-8-12-19)24-20(18)17-9-5-3-6-10-17/h3-12,15-16H,13-14H2,1-2H3,(H2,22,23,26). The average Bonchev–Trinajstić information content (AvgIpc) is 3.10. The highest BCUT2D eigenvalue weighted by Gasteiger charge is 2.12. The molecule has 0 bridgehead atoms. The summed E-state index contributed by atoms with van der Waals surface area (Å²) in [5.74, 6) is 0.551. The maximum Gasteiger partial charge on any atom is 0.166 e. The first kappa shape index (κ1) is 18.1. The number of nitrogens with one attached hydrogen (secondary N) is 2. The van der Waals surface area contributed by atoms with Crippen molar-refractivity contribution in [3.63, 3.8) is 0 Å². The van der Waals surface area contributed by atoms with Crippen LogP contribution in [0.4, 0.5) is 0 Å². The van der Waals surface area contributed by atoms with Gasteiger partial charge in [-0.2, -0.15) is 5.10 Å². The van der Waals surface area contributed by atoms with E-state index in [4.69, 9.17) is 17.3 Å². The van der Waals surface area contributed by atoms with Gasteiger partial charge in [0.25, 0.3) is 0 Å². The Morgan fingerprint density at radius 2 is 1.65 bits per heavy atom. The summed E-state index contributed by atoms with van der Waals surface area (Å²) in [7, 11) is 0. The molecule has 4 nitrogen and oxygen atoms in total. The number of rotatable bonds is 6. The van der Waals surface area contributed by atoms with Gasteiger partial charge < -0.3 is 10.6 Å². The highest BCUT2D eigenvalue weighted by molar-refractivity contribution is 7.80. The van der Waals surface area contributed by atoms with E-state index in [9.17, 15) is 0 Å². The molecular weight excluding hydrogens is 340 g/mol. The Hall–Kier alpha value is -2.66. The molecule has 0 atom stereocenters. The lowest BCUT2D eigenvalue weighted by Crippen LogP contribution is -2.36. The van der Waals surface area contributed by atoms with Crippen molar-refractivity contribution in [2.75, 3.05) is 6.54 Å². The van der Waals surface area contributed by atoms with Crippen LogP contribution in [0.15, 0.2) is 66.9 Å². The van der Waals surface area contributed by atoms with Crippen LogP contribution in [0.1, 0.15) is 19.4 Å². The lowest BCUT2D eigenvalue weighted by molar-refractivity contribution is 0.619. The van der Waals surface area contributed by atoms with Gasteiger partial charge in [-0.3, -0.25) is 0 Å². The second-order valence-electron chi connectivity index (χ2n) is 6.61. The molecule has 0 radical (unpaired) electrons. The average molecular weight is 365 g/mol. The van der Waals surface area contributed by atoms with Crippen molar-refractivity contribution < 1.29 is 0 Å². The smallest absolute Gasteiger partial charge is 0.166 e. The van der Waals surface area contributed by atoms with Crippen molar-refractivity contribution in [1.29, 1.82) is 0 Å². The van der Waals surface area contributed by atoms with Crippen LogP contribution in [-0.4, -0.2) is 21.4 Å². The van der Waals surface area contributed by atoms with E-state index in [0.29, 0.717) is 17.6 Å². The molecule has 134 valence electrons. The lowest BCUT2D eigenvalue weighted by atomic mass is 10.1. The summed E-state index contributed by atoms with van der Waals surface area (Å²) in [6.07, 6.45) is 2.07. The van der Waals surface area contributed by atoms with E-state index < -0.39 is 0 Å². The largest absolute Gasteiger partial charge is 0.362 e. The van der Waals surface area contributed by atoms with Gasteiger partial charge in [0, 0.05) is 30.4 Å². The Kier molecular flexibility index (Phi) is 6.02. The van der Waals surface area contributed by atoms with E-state index >= 15 is 0 Å². The minimum absolute atomic E-state index is 0.551. The van der Waals surface area contributed by atoms with Crippen LogP contribution in [0.3, 0.4) is 0 Å². The first-order valence-corrected chi connectivity index (χ1v) is 9.25.